The first-order chi connectivity index (χ1) is 12.4. The van der Waals surface area contributed by atoms with Gasteiger partial charge in [0.05, 0.1) is 33.0 Å². The highest BCUT2D eigenvalue weighted by atomic mass is 32.1. The first-order valence-corrected chi connectivity index (χ1v) is 10.4. The third-order valence-electron chi connectivity index (χ3n) is 4.89. The summed E-state index contributed by atoms with van der Waals surface area (Å²) in [5.74, 6) is 0. The van der Waals surface area contributed by atoms with Crippen LogP contribution in [0, 0.1) is 0 Å². The van der Waals surface area contributed by atoms with E-state index in [4.69, 9.17) is 9.97 Å². The highest BCUT2D eigenvalue weighted by Gasteiger charge is 2.27. The molecular weight excluding hydrogens is 346 g/mol. The van der Waals surface area contributed by atoms with Gasteiger partial charge in [0.25, 0.3) is 0 Å². The number of rotatable bonds is 3. The molecule has 0 amide bonds. The van der Waals surface area contributed by atoms with E-state index in [0.29, 0.717) is 6.04 Å². The summed E-state index contributed by atoms with van der Waals surface area (Å²) in [6.07, 6.45) is 3.76. The fourth-order valence-electron chi connectivity index (χ4n) is 3.65. The van der Waals surface area contributed by atoms with Crippen LogP contribution in [0.5, 0.6) is 0 Å². The van der Waals surface area contributed by atoms with Gasteiger partial charge in [0.15, 0.2) is 0 Å². The number of aromatic nitrogens is 2. The molecule has 0 N–H and O–H groups in total. The minimum Gasteiger partial charge on any atom is -0.287 e. The van der Waals surface area contributed by atoms with Gasteiger partial charge in [0.2, 0.25) is 0 Å². The second kappa shape index (κ2) is 6.48. The Kier molecular flexibility index (Phi) is 4.00. The maximum atomic E-state index is 4.93. The Morgan fingerprint density at radius 2 is 1.60 bits per heavy atom. The Hall–Kier alpha value is -1.82. The molecule has 0 unspecified atom stereocenters. The summed E-state index contributed by atoms with van der Waals surface area (Å²) < 4.78 is 2.58. The second-order valence-corrected chi connectivity index (χ2v) is 8.75. The van der Waals surface area contributed by atoms with Crippen molar-refractivity contribution in [1.82, 2.24) is 14.9 Å². The summed E-state index contributed by atoms with van der Waals surface area (Å²) in [7, 11) is 0. The number of benzene rings is 2. The van der Waals surface area contributed by atoms with Gasteiger partial charge in [-0.15, -0.1) is 22.7 Å². The molecule has 0 aliphatic carbocycles. The van der Waals surface area contributed by atoms with Crippen LogP contribution in [0.4, 0.5) is 0 Å². The first kappa shape index (κ1) is 15.4. The van der Waals surface area contributed by atoms with E-state index in [0.717, 1.165) is 24.1 Å². The van der Waals surface area contributed by atoms with Gasteiger partial charge >= 0.3 is 0 Å². The molecule has 4 aromatic rings. The monoisotopic (exact) mass is 365 g/mol. The molecule has 1 aliphatic rings. The van der Waals surface area contributed by atoms with Gasteiger partial charge in [-0.2, -0.15) is 0 Å². The molecule has 3 nitrogen and oxygen atoms in total. The first-order valence-electron chi connectivity index (χ1n) is 8.81. The van der Waals surface area contributed by atoms with Gasteiger partial charge in [0.1, 0.15) is 10.0 Å². The number of thiazole rings is 2. The van der Waals surface area contributed by atoms with Gasteiger partial charge in [-0.05, 0) is 43.7 Å². The molecule has 0 radical (unpaired) electrons. The summed E-state index contributed by atoms with van der Waals surface area (Å²) in [5, 5.41) is 2.48. The van der Waals surface area contributed by atoms with Crippen LogP contribution < -0.4 is 0 Å². The molecule has 1 saturated heterocycles. The van der Waals surface area contributed by atoms with Gasteiger partial charge in [-0.1, -0.05) is 30.7 Å². The highest BCUT2D eigenvalue weighted by molar-refractivity contribution is 7.19. The summed E-state index contributed by atoms with van der Waals surface area (Å²) in [4.78, 5) is 12.4. The second-order valence-electron chi connectivity index (χ2n) is 6.58. The van der Waals surface area contributed by atoms with Crippen molar-refractivity contribution in [2.45, 2.75) is 31.8 Å². The Balaban J connectivity index is 1.45. The molecule has 0 bridgehead atoms. The zero-order valence-electron chi connectivity index (χ0n) is 13.9. The molecule has 1 atom stereocenters. The fourth-order valence-corrected chi connectivity index (χ4v) is 5.78. The van der Waals surface area contributed by atoms with Crippen molar-refractivity contribution in [3.8, 4) is 0 Å². The average Bonchev–Trinajstić information content (AvgIpc) is 3.25. The topological polar surface area (TPSA) is 29.0 Å². The van der Waals surface area contributed by atoms with Crippen LogP contribution in [0.3, 0.4) is 0 Å². The molecule has 2 aromatic heterocycles. The minimum atomic E-state index is 0.429. The van der Waals surface area contributed by atoms with E-state index < -0.39 is 0 Å². The van der Waals surface area contributed by atoms with Crippen LogP contribution in [-0.4, -0.2) is 21.4 Å². The van der Waals surface area contributed by atoms with Gasteiger partial charge < -0.3 is 0 Å². The smallest absolute Gasteiger partial charge is 0.111 e. The molecule has 0 saturated carbocycles. The van der Waals surface area contributed by atoms with Crippen molar-refractivity contribution >= 4 is 43.1 Å². The third kappa shape index (κ3) is 2.97. The number of nitrogens with zero attached hydrogens (tertiary/aromatic N) is 3. The number of hydrogen-bond donors (Lipinski definition) is 0. The molecule has 5 heteroatoms. The molecule has 2 aromatic carbocycles. The van der Waals surface area contributed by atoms with E-state index in [2.05, 4.69) is 53.4 Å². The number of fused-ring (bicyclic) bond motifs is 2. The predicted octanol–water partition coefficient (Wildman–Crippen LogP) is 5.63. The van der Waals surface area contributed by atoms with Crippen LogP contribution in [0.2, 0.25) is 0 Å². The fraction of sp³-hybridized carbons (Fsp3) is 0.300. The molecule has 5 rings (SSSR count). The lowest BCUT2D eigenvalue weighted by molar-refractivity contribution is 0.140. The third-order valence-corrected chi connectivity index (χ3v) is 7.04. The van der Waals surface area contributed by atoms with Crippen molar-refractivity contribution in [3.63, 3.8) is 0 Å². The number of para-hydroxylation sites is 2. The Labute approximate surface area is 155 Å². The quantitative estimate of drug-likeness (QED) is 0.471. The normalized spacial score (nSPS) is 19.0. The van der Waals surface area contributed by atoms with Gasteiger partial charge in [0, 0.05) is 0 Å². The lowest BCUT2D eigenvalue weighted by Gasteiger charge is -2.33. The number of likely N-dealkylation sites (tertiary alicyclic amines) is 1. The number of piperidine rings is 1. The summed E-state index contributed by atoms with van der Waals surface area (Å²) in [6.45, 7) is 2.07. The van der Waals surface area contributed by atoms with E-state index in [1.54, 1.807) is 0 Å². The van der Waals surface area contributed by atoms with E-state index in [9.17, 15) is 0 Å². The van der Waals surface area contributed by atoms with Gasteiger partial charge in [-0.25, -0.2) is 9.97 Å². The van der Waals surface area contributed by atoms with Crippen molar-refractivity contribution < 1.29 is 0 Å². The zero-order chi connectivity index (χ0) is 16.6. The van der Waals surface area contributed by atoms with E-state index in [-0.39, 0.29) is 0 Å². The lowest BCUT2D eigenvalue weighted by atomic mass is 10.0. The molecular formula is C20H19N3S2. The predicted molar refractivity (Wildman–Crippen MR) is 106 cm³/mol. The molecule has 126 valence electrons. The van der Waals surface area contributed by atoms with Gasteiger partial charge in [-0.3, -0.25) is 4.90 Å². The summed E-state index contributed by atoms with van der Waals surface area (Å²) in [5.41, 5.74) is 2.25. The van der Waals surface area contributed by atoms with Crippen LogP contribution in [0.25, 0.3) is 20.4 Å². The number of hydrogen-bond acceptors (Lipinski definition) is 5. The van der Waals surface area contributed by atoms with Crippen LogP contribution in [0.1, 0.15) is 35.3 Å². The van der Waals surface area contributed by atoms with E-state index >= 15 is 0 Å². The Morgan fingerprint density at radius 1 is 0.880 bits per heavy atom. The van der Waals surface area contributed by atoms with Crippen molar-refractivity contribution in [2.24, 2.45) is 0 Å². The van der Waals surface area contributed by atoms with Crippen molar-refractivity contribution in [2.75, 3.05) is 6.54 Å². The van der Waals surface area contributed by atoms with Crippen molar-refractivity contribution in [3.05, 3.63) is 58.5 Å². The zero-order valence-corrected chi connectivity index (χ0v) is 15.5. The maximum absolute atomic E-state index is 4.93. The average molecular weight is 366 g/mol. The minimum absolute atomic E-state index is 0.429. The van der Waals surface area contributed by atoms with Crippen LogP contribution >= 0.6 is 22.7 Å². The molecule has 25 heavy (non-hydrogen) atoms. The standard InChI is InChI=1S/C20H19N3S2/c1-3-10-17-14(7-1)21-19(24-17)13-23-12-6-5-9-16(23)20-22-15-8-2-4-11-18(15)25-20/h1-4,7-8,10-11,16H,5-6,9,12-13H2/t16-/m1/s1. The SMILES string of the molecule is c1ccc2sc(CN3CCCC[C@@H]3c3nc4ccccc4s3)nc2c1. The van der Waals surface area contributed by atoms with Crippen LogP contribution in [0.15, 0.2) is 48.5 Å². The maximum Gasteiger partial charge on any atom is 0.111 e. The Bertz CT molecular complexity index is 954. The lowest BCUT2D eigenvalue weighted by Crippen LogP contribution is -2.32. The Morgan fingerprint density at radius 3 is 2.36 bits per heavy atom. The van der Waals surface area contributed by atoms with E-state index in [1.807, 2.05) is 22.7 Å². The van der Waals surface area contributed by atoms with Crippen LogP contribution in [-0.2, 0) is 6.54 Å². The van der Waals surface area contributed by atoms with E-state index in [1.165, 1.54) is 38.7 Å². The molecule has 3 heterocycles. The van der Waals surface area contributed by atoms with Crippen molar-refractivity contribution in [1.29, 1.82) is 0 Å². The summed E-state index contributed by atoms with van der Waals surface area (Å²) in [6, 6.07) is 17.3. The highest BCUT2D eigenvalue weighted by Crippen LogP contribution is 2.37. The largest absolute Gasteiger partial charge is 0.287 e. The summed E-state index contributed by atoms with van der Waals surface area (Å²) >= 11 is 3.68. The molecule has 1 fully saturated rings. The molecule has 0 spiro atoms. The molecule has 1 aliphatic heterocycles.